The summed E-state index contributed by atoms with van der Waals surface area (Å²) in [4.78, 5) is 0. The first-order valence-electron chi connectivity index (χ1n) is 4.45. The highest BCUT2D eigenvalue weighted by Gasteiger charge is 2.14. The van der Waals surface area contributed by atoms with Crippen molar-refractivity contribution in [1.82, 2.24) is 10.6 Å². The van der Waals surface area contributed by atoms with Gasteiger partial charge in [-0.15, -0.1) is 0 Å². The lowest BCUT2D eigenvalue weighted by Crippen LogP contribution is -2.33. The number of nitrogens with one attached hydrogen (secondary N) is 2. The van der Waals surface area contributed by atoms with Crippen LogP contribution < -0.4 is 10.6 Å². The second-order valence-corrected chi connectivity index (χ2v) is 3.19. The third-order valence-electron chi connectivity index (χ3n) is 2.19. The Kier molecular flexibility index (Phi) is 3.83. The minimum absolute atomic E-state index is 0.310. The van der Waals surface area contributed by atoms with Gasteiger partial charge in [0.15, 0.2) is 0 Å². The van der Waals surface area contributed by atoms with Crippen LogP contribution in [0, 0.1) is 5.92 Å². The summed E-state index contributed by atoms with van der Waals surface area (Å²) in [5.41, 5.74) is 0. The molecule has 0 saturated carbocycles. The van der Waals surface area contributed by atoms with Crippen LogP contribution in [0.25, 0.3) is 0 Å². The number of aliphatic hydroxyl groups is 1. The predicted octanol–water partition coefficient (Wildman–Crippen LogP) is -0.0861. The van der Waals surface area contributed by atoms with Gasteiger partial charge in [-0.2, -0.15) is 0 Å². The summed E-state index contributed by atoms with van der Waals surface area (Å²) in [5.74, 6) is 0.719. The zero-order valence-electron chi connectivity index (χ0n) is 7.14. The van der Waals surface area contributed by atoms with Gasteiger partial charge in [0, 0.05) is 6.54 Å². The van der Waals surface area contributed by atoms with E-state index in [0.717, 1.165) is 32.0 Å². The zero-order valence-corrected chi connectivity index (χ0v) is 7.14. The second-order valence-electron chi connectivity index (χ2n) is 3.19. The minimum atomic E-state index is -0.310. The smallest absolute Gasteiger partial charge is 0.104 e. The van der Waals surface area contributed by atoms with Crippen molar-refractivity contribution in [3.63, 3.8) is 0 Å². The van der Waals surface area contributed by atoms with Crippen LogP contribution in [0.15, 0.2) is 0 Å². The van der Waals surface area contributed by atoms with Gasteiger partial charge in [-0.3, -0.25) is 5.32 Å². The molecule has 3 nitrogen and oxygen atoms in total. The highest BCUT2D eigenvalue weighted by Crippen LogP contribution is 2.05. The Balaban J connectivity index is 2.01. The molecule has 2 atom stereocenters. The van der Waals surface area contributed by atoms with Crippen LogP contribution in [0.2, 0.25) is 0 Å². The first kappa shape index (κ1) is 8.97. The molecule has 1 rings (SSSR count). The Morgan fingerprint density at radius 1 is 1.73 bits per heavy atom. The Hall–Kier alpha value is -0.120. The molecule has 0 spiro atoms. The summed E-state index contributed by atoms with van der Waals surface area (Å²) >= 11 is 0. The quantitative estimate of drug-likeness (QED) is 0.501. The Morgan fingerprint density at radius 2 is 2.55 bits per heavy atom. The van der Waals surface area contributed by atoms with Gasteiger partial charge in [-0.25, -0.2) is 0 Å². The maximum absolute atomic E-state index is 9.19. The van der Waals surface area contributed by atoms with E-state index in [2.05, 4.69) is 10.6 Å². The third-order valence-corrected chi connectivity index (χ3v) is 2.19. The summed E-state index contributed by atoms with van der Waals surface area (Å²) in [6.45, 7) is 5.16. The molecule has 1 heterocycles. The molecule has 0 amide bonds. The summed E-state index contributed by atoms with van der Waals surface area (Å²) in [6.07, 6.45) is 1.72. The molecule has 0 bridgehead atoms. The van der Waals surface area contributed by atoms with E-state index in [-0.39, 0.29) is 6.23 Å². The fraction of sp³-hybridized carbons (Fsp3) is 1.00. The minimum Gasteiger partial charge on any atom is -0.379 e. The molecule has 2 unspecified atom stereocenters. The van der Waals surface area contributed by atoms with Crippen LogP contribution in [0.4, 0.5) is 0 Å². The van der Waals surface area contributed by atoms with E-state index in [1.165, 1.54) is 6.42 Å². The third kappa shape index (κ3) is 3.18. The average Bonchev–Trinajstić information content (AvgIpc) is 2.52. The molecule has 1 aliphatic heterocycles. The molecule has 0 aromatic heterocycles. The van der Waals surface area contributed by atoms with Gasteiger partial charge in [-0.05, 0) is 31.8 Å². The first-order chi connectivity index (χ1) is 5.33. The normalized spacial score (nSPS) is 27.3. The topological polar surface area (TPSA) is 44.3 Å². The van der Waals surface area contributed by atoms with Crippen LogP contribution in [0.3, 0.4) is 0 Å². The summed E-state index contributed by atoms with van der Waals surface area (Å²) in [6, 6.07) is 0. The van der Waals surface area contributed by atoms with Gasteiger partial charge >= 0.3 is 0 Å². The van der Waals surface area contributed by atoms with Crippen molar-refractivity contribution >= 4 is 0 Å². The fourth-order valence-electron chi connectivity index (χ4n) is 1.34. The van der Waals surface area contributed by atoms with E-state index in [4.69, 9.17) is 0 Å². The van der Waals surface area contributed by atoms with E-state index < -0.39 is 0 Å². The molecule has 0 aromatic rings. The number of hydrogen-bond acceptors (Lipinski definition) is 3. The Labute approximate surface area is 68.2 Å². The monoisotopic (exact) mass is 158 g/mol. The molecular weight excluding hydrogens is 140 g/mol. The maximum Gasteiger partial charge on any atom is 0.104 e. The Morgan fingerprint density at radius 3 is 3.09 bits per heavy atom. The second kappa shape index (κ2) is 4.70. The van der Waals surface area contributed by atoms with Crippen molar-refractivity contribution in [2.75, 3.05) is 19.6 Å². The van der Waals surface area contributed by atoms with E-state index in [0.29, 0.717) is 0 Å². The highest BCUT2D eigenvalue weighted by atomic mass is 16.3. The lowest BCUT2D eigenvalue weighted by Gasteiger charge is -2.13. The van der Waals surface area contributed by atoms with Crippen LogP contribution in [-0.2, 0) is 0 Å². The first-order valence-corrected chi connectivity index (χ1v) is 4.45. The summed E-state index contributed by atoms with van der Waals surface area (Å²) < 4.78 is 0. The molecule has 1 fully saturated rings. The van der Waals surface area contributed by atoms with Gasteiger partial charge in [0.2, 0.25) is 0 Å². The lowest BCUT2D eigenvalue weighted by molar-refractivity contribution is 0.128. The van der Waals surface area contributed by atoms with Crippen LogP contribution in [0.1, 0.15) is 19.8 Å². The van der Waals surface area contributed by atoms with Gasteiger partial charge in [0.25, 0.3) is 0 Å². The zero-order chi connectivity index (χ0) is 8.10. The molecule has 1 aliphatic rings. The van der Waals surface area contributed by atoms with E-state index in [1.54, 1.807) is 0 Å². The molecule has 1 saturated heterocycles. The average molecular weight is 158 g/mol. The predicted molar refractivity (Wildman–Crippen MR) is 45.3 cm³/mol. The Bertz CT molecular complexity index is 102. The van der Waals surface area contributed by atoms with Gasteiger partial charge < -0.3 is 10.4 Å². The largest absolute Gasteiger partial charge is 0.379 e. The number of aliphatic hydroxyl groups excluding tert-OH is 1. The van der Waals surface area contributed by atoms with Crippen molar-refractivity contribution in [2.24, 2.45) is 5.92 Å². The van der Waals surface area contributed by atoms with Crippen LogP contribution >= 0.6 is 0 Å². The molecular formula is C8H18N2O. The molecule has 11 heavy (non-hydrogen) atoms. The van der Waals surface area contributed by atoms with Crippen molar-refractivity contribution < 1.29 is 5.11 Å². The molecule has 66 valence electrons. The van der Waals surface area contributed by atoms with E-state index in [1.807, 2.05) is 6.92 Å². The molecule has 3 N–H and O–H groups in total. The molecule has 0 aromatic carbocycles. The van der Waals surface area contributed by atoms with Gasteiger partial charge in [0.05, 0.1) is 0 Å². The number of rotatable bonds is 4. The standard InChI is InChI=1S/C8H18N2O/c1-2-8(11)10-6-7-3-4-9-5-7/h7-11H,2-6H2,1H3. The lowest BCUT2D eigenvalue weighted by atomic mass is 10.1. The number of hydrogen-bond donors (Lipinski definition) is 3. The van der Waals surface area contributed by atoms with Crippen LogP contribution in [-0.4, -0.2) is 31.0 Å². The van der Waals surface area contributed by atoms with E-state index >= 15 is 0 Å². The molecule has 3 heteroatoms. The van der Waals surface area contributed by atoms with E-state index in [9.17, 15) is 5.11 Å². The van der Waals surface area contributed by atoms with Crippen molar-refractivity contribution in [3.05, 3.63) is 0 Å². The molecule has 0 aliphatic carbocycles. The summed E-state index contributed by atoms with van der Waals surface area (Å²) in [5, 5.41) is 15.6. The molecule has 0 radical (unpaired) electrons. The fourth-order valence-corrected chi connectivity index (χ4v) is 1.34. The van der Waals surface area contributed by atoms with Gasteiger partial charge in [0.1, 0.15) is 6.23 Å². The highest BCUT2D eigenvalue weighted by molar-refractivity contribution is 4.73. The van der Waals surface area contributed by atoms with Crippen molar-refractivity contribution in [1.29, 1.82) is 0 Å². The van der Waals surface area contributed by atoms with Gasteiger partial charge in [-0.1, -0.05) is 6.92 Å². The summed E-state index contributed by atoms with van der Waals surface area (Å²) in [7, 11) is 0. The van der Waals surface area contributed by atoms with Crippen LogP contribution in [0.5, 0.6) is 0 Å². The SMILES string of the molecule is CCC(O)NCC1CCNC1. The van der Waals surface area contributed by atoms with Crippen molar-refractivity contribution in [2.45, 2.75) is 26.0 Å². The maximum atomic E-state index is 9.19. The van der Waals surface area contributed by atoms with Crippen molar-refractivity contribution in [3.8, 4) is 0 Å².